The van der Waals surface area contributed by atoms with Crippen LogP contribution in [0, 0.1) is 0 Å². The lowest BCUT2D eigenvalue weighted by Crippen LogP contribution is -2.12. The first kappa shape index (κ1) is 16.0. The number of amides is 1. The maximum absolute atomic E-state index is 11.7. The minimum Gasteiger partial charge on any atom is -0.466 e. The molecule has 0 aliphatic carbocycles. The van der Waals surface area contributed by atoms with Crippen molar-refractivity contribution in [2.24, 2.45) is 0 Å². The first-order valence-electron chi connectivity index (χ1n) is 6.93. The molecule has 110 valence electrons. The second kappa shape index (κ2) is 8.96. The molecule has 1 aromatic carbocycles. The Bertz CT molecular complexity index is 446. The minimum absolute atomic E-state index is 0.0477. The summed E-state index contributed by atoms with van der Waals surface area (Å²) in [5.41, 5.74) is 6.95. The molecule has 1 amide bonds. The van der Waals surface area contributed by atoms with Gasteiger partial charge in [-0.1, -0.05) is 19.1 Å². The molecular weight excluding hydrogens is 256 g/mol. The summed E-state index contributed by atoms with van der Waals surface area (Å²) in [5, 5.41) is 2.78. The fourth-order valence-electron chi connectivity index (χ4n) is 1.68. The van der Waals surface area contributed by atoms with E-state index < -0.39 is 0 Å². The Kier molecular flexibility index (Phi) is 7.17. The molecule has 0 aliphatic rings. The Labute approximate surface area is 119 Å². The quantitative estimate of drug-likeness (QED) is 0.435. The third-order valence-corrected chi connectivity index (χ3v) is 2.83. The third kappa shape index (κ3) is 6.22. The van der Waals surface area contributed by atoms with E-state index >= 15 is 0 Å². The Morgan fingerprint density at radius 3 is 2.65 bits per heavy atom. The Morgan fingerprint density at radius 1 is 1.20 bits per heavy atom. The summed E-state index contributed by atoms with van der Waals surface area (Å²) < 4.78 is 4.95. The van der Waals surface area contributed by atoms with Gasteiger partial charge in [-0.15, -0.1) is 0 Å². The number of para-hydroxylation sites is 2. The van der Waals surface area contributed by atoms with Gasteiger partial charge in [0.25, 0.3) is 0 Å². The molecule has 20 heavy (non-hydrogen) atoms. The zero-order valence-corrected chi connectivity index (χ0v) is 11.9. The second-order valence-electron chi connectivity index (χ2n) is 4.52. The van der Waals surface area contributed by atoms with E-state index in [0.29, 0.717) is 30.8 Å². The number of ether oxygens (including phenoxy) is 1. The van der Waals surface area contributed by atoms with Crippen molar-refractivity contribution >= 4 is 23.3 Å². The molecule has 0 aromatic heterocycles. The van der Waals surface area contributed by atoms with Crippen LogP contribution in [0.2, 0.25) is 0 Å². The van der Waals surface area contributed by atoms with Crippen molar-refractivity contribution in [3.8, 4) is 0 Å². The van der Waals surface area contributed by atoms with Crippen LogP contribution >= 0.6 is 0 Å². The van der Waals surface area contributed by atoms with Gasteiger partial charge in [-0.05, 0) is 31.4 Å². The van der Waals surface area contributed by atoms with Crippen molar-refractivity contribution in [1.82, 2.24) is 0 Å². The SMILES string of the molecule is CCC(=O)OCCCCCC(=O)Nc1ccccc1N. The predicted octanol–water partition coefficient (Wildman–Crippen LogP) is 2.72. The molecule has 1 aromatic rings. The van der Waals surface area contributed by atoms with Crippen LogP contribution in [-0.4, -0.2) is 18.5 Å². The smallest absolute Gasteiger partial charge is 0.305 e. The van der Waals surface area contributed by atoms with Gasteiger partial charge in [-0.2, -0.15) is 0 Å². The van der Waals surface area contributed by atoms with Crippen LogP contribution in [0.3, 0.4) is 0 Å². The van der Waals surface area contributed by atoms with E-state index in [1.807, 2.05) is 12.1 Å². The molecule has 0 saturated carbocycles. The van der Waals surface area contributed by atoms with Gasteiger partial charge in [0.05, 0.1) is 18.0 Å². The zero-order valence-electron chi connectivity index (χ0n) is 11.9. The molecule has 1 rings (SSSR count). The molecule has 0 atom stereocenters. The van der Waals surface area contributed by atoms with Crippen molar-refractivity contribution in [2.45, 2.75) is 39.0 Å². The fraction of sp³-hybridized carbons (Fsp3) is 0.467. The summed E-state index contributed by atoms with van der Waals surface area (Å²) in [6.07, 6.45) is 3.25. The number of esters is 1. The van der Waals surface area contributed by atoms with E-state index in [0.717, 1.165) is 19.3 Å². The lowest BCUT2D eigenvalue weighted by Gasteiger charge is -2.07. The number of hydrogen-bond acceptors (Lipinski definition) is 4. The molecule has 0 fully saturated rings. The summed E-state index contributed by atoms with van der Waals surface area (Å²) in [7, 11) is 0. The monoisotopic (exact) mass is 278 g/mol. The molecule has 0 bridgehead atoms. The summed E-state index contributed by atoms with van der Waals surface area (Å²) >= 11 is 0. The lowest BCUT2D eigenvalue weighted by molar-refractivity contribution is -0.143. The number of carbonyl (C=O) groups excluding carboxylic acids is 2. The van der Waals surface area contributed by atoms with E-state index in [9.17, 15) is 9.59 Å². The molecule has 5 nitrogen and oxygen atoms in total. The van der Waals surface area contributed by atoms with Gasteiger partial charge in [-0.25, -0.2) is 0 Å². The van der Waals surface area contributed by atoms with Gasteiger partial charge in [0.2, 0.25) is 5.91 Å². The van der Waals surface area contributed by atoms with Gasteiger partial charge >= 0.3 is 5.97 Å². The average molecular weight is 278 g/mol. The number of nitrogens with two attached hydrogens (primary N) is 1. The Morgan fingerprint density at radius 2 is 1.95 bits per heavy atom. The van der Waals surface area contributed by atoms with Gasteiger partial charge in [0, 0.05) is 12.8 Å². The highest BCUT2D eigenvalue weighted by atomic mass is 16.5. The van der Waals surface area contributed by atoms with Crippen molar-refractivity contribution in [2.75, 3.05) is 17.7 Å². The van der Waals surface area contributed by atoms with E-state index in [4.69, 9.17) is 10.5 Å². The number of hydrogen-bond donors (Lipinski definition) is 2. The van der Waals surface area contributed by atoms with Crippen LogP contribution in [-0.2, 0) is 14.3 Å². The number of anilines is 2. The highest BCUT2D eigenvalue weighted by Crippen LogP contribution is 2.17. The largest absolute Gasteiger partial charge is 0.466 e. The number of unbranched alkanes of at least 4 members (excludes halogenated alkanes) is 2. The summed E-state index contributed by atoms with van der Waals surface area (Å²) in [4.78, 5) is 22.6. The zero-order chi connectivity index (χ0) is 14.8. The number of nitrogens with one attached hydrogen (secondary N) is 1. The summed E-state index contributed by atoms with van der Waals surface area (Å²) in [5.74, 6) is -0.226. The molecule has 3 N–H and O–H groups in total. The lowest BCUT2D eigenvalue weighted by atomic mass is 10.2. The van der Waals surface area contributed by atoms with E-state index in [1.165, 1.54) is 0 Å². The maximum atomic E-state index is 11.7. The van der Waals surface area contributed by atoms with Crippen LogP contribution < -0.4 is 11.1 Å². The standard InChI is InChI=1S/C15H22N2O3/c1-2-15(19)20-11-7-3-4-10-14(18)17-13-9-6-5-8-12(13)16/h5-6,8-9H,2-4,7,10-11,16H2,1H3,(H,17,18). The highest BCUT2D eigenvalue weighted by molar-refractivity contribution is 5.93. The van der Waals surface area contributed by atoms with E-state index in [1.54, 1.807) is 19.1 Å². The summed E-state index contributed by atoms with van der Waals surface area (Å²) in [6.45, 7) is 2.20. The fourth-order valence-corrected chi connectivity index (χ4v) is 1.68. The van der Waals surface area contributed by atoms with Crippen LogP contribution in [0.1, 0.15) is 39.0 Å². The first-order chi connectivity index (χ1) is 9.63. The third-order valence-electron chi connectivity index (χ3n) is 2.83. The molecule has 0 aliphatic heterocycles. The van der Waals surface area contributed by atoms with Crippen molar-refractivity contribution in [3.05, 3.63) is 24.3 Å². The molecular formula is C15H22N2O3. The van der Waals surface area contributed by atoms with Crippen LogP contribution in [0.25, 0.3) is 0 Å². The topological polar surface area (TPSA) is 81.4 Å². The van der Waals surface area contributed by atoms with Crippen molar-refractivity contribution < 1.29 is 14.3 Å². The molecule has 0 saturated heterocycles. The van der Waals surface area contributed by atoms with Crippen molar-refractivity contribution in [3.63, 3.8) is 0 Å². The molecule has 0 spiro atoms. The maximum Gasteiger partial charge on any atom is 0.305 e. The number of rotatable bonds is 8. The summed E-state index contributed by atoms with van der Waals surface area (Å²) in [6, 6.07) is 7.17. The minimum atomic E-state index is -0.178. The first-order valence-corrected chi connectivity index (χ1v) is 6.93. The van der Waals surface area contributed by atoms with Crippen LogP contribution in [0.4, 0.5) is 11.4 Å². The molecule has 5 heteroatoms. The van der Waals surface area contributed by atoms with Crippen LogP contribution in [0.15, 0.2) is 24.3 Å². The van der Waals surface area contributed by atoms with E-state index in [2.05, 4.69) is 5.32 Å². The van der Waals surface area contributed by atoms with Gasteiger partial charge < -0.3 is 15.8 Å². The second-order valence-corrected chi connectivity index (χ2v) is 4.52. The average Bonchev–Trinajstić information content (AvgIpc) is 2.44. The van der Waals surface area contributed by atoms with Crippen LogP contribution in [0.5, 0.6) is 0 Å². The van der Waals surface area contributed by atoms with Crippen molar-refractivity contribution in [1.29, 1.82) is 0 Å². The number of benzene rings is 1. The molecule has 0 unspecified atom stereocenters. The number of carbonyl (C=O) groups is 2. The predicted molar refractivity (Wildman–Crippen MR) is 79.2 cm³/mol. The molecule has 0 heterocycles. The highest BCUT2D eigenvalue weighted by Gasteiger charge is 2.04. The van der Waals surface area contributed by atoms with Gasteiger partial charge in [0.15, 0.2) is 0 Å². The normalized spacial score (nSPS) is 10.1. The van der Waals surface area contributed by atoms with Gasteiger partial charge in [0.1, 0.15) is 0 Å². The van der Waals surface area contributed by atoms with Gasteiger partial charge in [-0.3, -0.25) is 9.59 Å². The van der Waals surface area contributed by atoms with E-state index in [-0.39, 0.29) is 11.9 Å². The number of nitrogen functional groups attached to an aromatic ring is 1. The molecule has 0 radical (unpaired) electrons. The Hall–Kier alpha value is -2.04. The Balaban J connectivity index is 2.12.